The minimum Gasteiger partial charge on any atom is -0.397 e. The molecule has 2 N–H and O–H groups in total. The third-order valence-corrected chi connectivity index (χ3v) is 5.67. The van der Waals surface area contributed by atoms with Crippen molar-refractivity contribution in [3.63, 3.8) is 0 Å². The molecule has 1 fully saturated rings. The van der Waals surface area contributed by atoms with Crippen molar-refractivity contribution in [2.45, 2.75) is 37.6 Å². The van der Waals surface area contributed by atoms with Crippen molar-refractivity contribution in [2.75, 3.05) is 31.3 Å². The Morgan fingerprint density at radius 3 is 2.33 bits per heavy atom. The highest BCUT2D eigenvalue weighted by Gasteiger charge is 2.27. The number of nitrogens with two attached hydrogens (primary N) is 1. The van der Waals surface area contributed by atoms with Crippen LogP contribution >= 0.6 is 0 Å². The van der Waals surface area contributed by atoms with Crippen LogP contribution in [0.1, 0.15) is 26.7 Å². The lowest BCUT2D eigenvalue weighted by atomic mass is 10.2. The molecule has 2 rings (SSSR count). The summed E-state index contributed by atoms with van der Waals surface area (Å²) in [6.07, 6.45) is 2.55. The zero-order valence-electron chi connectivity index (χ0n) is 13.2. The summed E-state index contributed by atoms with van der Waals surface area (Å²) >= 11 is 0. The van der Waals surface area contributed by atoms with Crippen LogP contribution in [-0.4, -0.2) is 39.4 Å². The SMILES string of the molecule is CC(C)N(CC1CC1)c1ccc(S(=O)(=O)N(C)C)cc1N. The summed E-state index contributed by atoms with van der Waals surface area (Å²) in [5, 5.41) is 0. The molecular formula is C15H25N3O2S. The van der Waals surface area contributed by atoms with E-state index in [1.807, 2.05) is 6.07 Å². The Morgan fingerprint density at radius 1 is 1.29 bits per heavy atom. The normalized spacial score (nSPS) is 15.7. The molecule has 0 aliphatic heterocycles. The Labute approximate surface area is 127 Å². The lowest BCUT2D eigenvalue weighted by molar-refractivity contribution is 0.521. The fourth-order valence-electron chi connectivity index (χ4n) is 2.33. The van der Waals surface area contributed by atoms with Crippen LogP contribution < -0.4 is 10.6 Å². The molecule has 1 aliphatic carbocycles. The van der Waals surface area contributed by atoms with Gasteiger partial charge in [0.05, 0.1) is 16.3 Å². The molecule has 6 heteroatoms. The molecule has 21 heavy (non-hydrogen) atoms. The summed E-state index contributed by atoms with van der Waals surface area (Å²) in [6, 6.07) is 5.37. The molecule has 0 radical (unpaired) electrons. The van der Waals surface area contributed by atoms with Gasteiger partial charge in [0.1, 0.15) is 0 Å². The first-order chi connectivity index (χ1) is 9.73. The third kappa shape index (κ3) is 3.49. The van der Waals surface area contributed by atoms with Gasteiger partial charge in [0.2, 0.25) is 10.0 Å². The molecule has 0 unspecified atom stereocenters. The van der Waals surface area contributed by atoms with Gasteiger partial charge < -0.3 is 10.6 Å². The van der Waals surface area contributed by atoms with E-state index in [-0.39, 0.29) is 4.90 Å². The van der Waals surface area contributed by atoms with Gasteiger partial charge in [-0.05, 0) is 50.8 Å². The van der Waals surface area contributed by atoms with Crippen molar-refractivity contribution in [1.29, 1.82) is 0 Å². The van der Waals surface area contributed by atoms with E-state index in [0.717, 1.165) is 18.2 Å². The van der Waals surface area contributed by atoms with Gasteiger partial charge in [0.25, 0.3) is 0 Å². The second kappa shape index (κ2) is 5.85. The first-order valence-corrected chi connectivity index (χ1v) is 8.76. The number of anilines is 2. The van der Waals surface area contributed by atoms with Crippen LogP contribution in [0.2, 0.25) is 0 Å². The van der Waals surface area contributed by atoms with E-state index in [2.05, 4.69) is 18.7 Å². The lowest BCUT2D eigenvalue weighted by Crippen LogP contribution is -2.33. The van der Waals surface area contributed by atoms with Crippen molar-refractivity contribution in [2.24, 2.45) is 5.92 Å². The first kappa shape index (κ1) is 16.1. The van der Waals surface area contributed by atoms with Gasteiger partial charge in [-0.2, -0.15) is 0 Å². The number of sulfonamides is 1. The molecule has 5 nitrogen and oxygen atoms in total. The molecule has 1 aromatic carbocycles. The van der Waals surface area contributed by atoms with Crippen LogP contribution in [0.4, 0.5) is 11.4 Å². The highest BCUT2D eigenvalue weighted by molar-refractivity contribution is 7.89. The van der Waals surface area contributed by atoms with E-state index in [9.17, 15) is 8.42 Å². The molecule has 0 heterocycles. The molecule has 0 amide bonds. The summed E-state index contributed by atoms with van der Waals surface area (Å²) in [5.74, 6) is 0.747. The summed E-state index contributed by atoms with van der Waals surface area (Å²) in [6.45, 7) is 5.25. The topological polar surface area (TPSA) is 66.6 Å². The maximum Gasteiger partial charge on any atom is 0.242 e. The average molecular weight is 311 g/mol. The fraction of sp³-hybridized carbons (Fsp3) is 0.600. The van der Waals surface area contributed by atoms with E-state index < -0.39 is 10.0 Å². The molecule has 0 saturated heterocycles. The molecule has 0 spiro atoms. The Hall–Kier alpha value is -1.27. The lowest BCUT2D eigenvalue weighted by Gasteiger charge is -2.30. The number of hydrogen-bond acceptors (Lipinski definition) is 4. The van der Waals surface area contributed by atoms with Gasteiger partial charge in [0, 0.05) is 26.7 Å². The standard InChI is InChI=1S/C15H25N3O2S/c1-11(2)18(10-12-5-6-12)15-8-7-13(9-14(15)16)21(19,20)17(3)4/h7-9,11-12H,5-6,10,16H2,1-4H3. The number of nitrogens with zero attached hydrogens (tertiary/aromatic N) is 2. The van der Waals surface area contributed by atoms with Crippen molar-refractivity contribution in [1.82, 2.24) is 4.31 Å². The molecule has 1 aliphatic rings. The predicted octanol–water partition coefficient (Wildman–Crippen LogP) is 2.14. The maximum atomic E-state index is 12.1. The van der Waals surface area contributed by atoms with Gasteiger partial charge in [-0.25, -0.2) is 12.7 Å². The summed E-state index contributed by atoms with van der Waals surface area (Å²) in [7, 11) is -0.396. The zero-order chi connectivity index (χ0) is 15.8. The van der Waals surface area contributed by atoms with Crippen molar-refractivity contribution in [3.8, 4) is 0 Å². The third-order valence-electron chi connectivity index (χ3n) is 3.86. The van der Waals surface area contributed by atoms with E-state index in [1.165, 1.54) is 31.2 Å². The second-order valence-electron chi connectivity index (χ2n) is 6.20. The summed E-state index contributed by atoms with van der Waals surface area (Å²) in [4.78, 5) is 2.50. The summed E-state index contributed by atoms with van der Waals surface area (Å²) < 4.78 is 25.5. The van der Waals surface area contributed by atoms with Crippen LogP contribution in [0, 0.1) is 5.92 Å². The highest BCUT2D eigenvalue weighted by atomic mass is 32.2. The Morgan fingerprint density at radius 2 is 1.90 bits per heavy atom. The molecular weight excluding hydrogens is 286 g/mol. The van der Waals surface area contributed by atoms with E-state index in [4.69, 9.17) is 5.73 Å². The highest BCUT2D eigenvalue weighted by Crippen LogP contribution is 2.35. The van der Waals surface area contributed by atoms with Gasteiger partial charge in [-0.1, -0.05) is 0 Å². The Kier molecular flexibility index (Phi) is 4.49. The molecule has 0 aromatic heterocycles. The van der Waals surface area contributed by atoms with Gasteiger partial charge in [-0.15, -0.1) is 0 Å². The predicted molar refractivity (Wildman–Crippen MR) is 86.9 cm³/mol. The first-order valence-electron chi connectivity index (χ1n) is 7.32. The molecule has 1 aromatic rings. The Bertz CT molecular complexity index is 607. The number of hydrogen-bond donors (Lipinski definition) is 1. The van der Waals surface area contributed by atoms with E-state index >= 15 is 0 Å². The van der Waals surface area contributed by atoms with Crippen molar-refractivity contribution in [3.05, 3.63) is 18.2 Å². The van der Waals surface area contributed by atoms with Crippen molar-refractivity contribution < 1.29 is 8.42 Å². The van der Waals surface area contributed by atoms with Gasteiger partial charge >= 0.3 is 0 Å². The van der Waals surface area contributed by atoms with Crippen LogP contribution in [0.15, 0.2) is 23.1 Å². The van der Waals surface area contributed by atoms with E-state index in [0.29, 0.717) is 11.7 Å². The minimum atomic E-state index is -3.44. The smallest absolute Gasteiger partial charge is 0.242 e. The largest absolute Gasteiger partial charge is 0.397 e. The number of rotatable bonds is 6. The van der Waals surface area contributed by atoms with Crippen LogP contribution in [0.5, 0.6) is 0 Å². The second-order valence-corrected chi connectivity index (χ2v) is 8.35. The quantitative estimate of drug-likeness (QED) is 0.817. The molecule has 0 atom stereocenters. The molecule has 118 valence electrons. The summed E-state index contributed by atoms with van der Waals surface area (Å²) in [5.41, 5.74) is 7.57. The number of nitrogen functional groups attached to an aromatic ring is 1. The monoisotopic (exact) mass is 311 g/mol. The van der Waals surface area contributed by atoms with E-state index in [1.54, 1.807) is 12.1 Å². The molecule has 1 saturated carbocycles. The average Bonchev–Trinajstić information content (AvgIpc) is 3.19. The number of benzene rings is 1. The van der Waals surface area contributed by atoms with Crippen LogP contribution in [-0.2, 0) is 10.0 Å². The minimum absolute atomic E-state index is 0.240. The maximum absolute atomic E-state index is 12.1. The molecule has 0 bridgehead atoms. The van der Waals surface area contributed by atoms with Gasteiger partial charge in [-0.3, -0.25) is 0 Å². The fourth-order valence-corrected chi connectivity index (χ4v) is 3.27. The van der Waals surface area contributed by atoms with Crippen LogP contribution in [0.25, 0.3) is 0 Å². The zero-order valence-corrected chi connectivity index (χ0v) is 14.0. The Balaban J connectivity index is 2.33. The van der Waals surface area contributed by atoms with Crippen molar-refractivity contribution >= 4 is 21.4 Å². The van der Waals surface area contributed by atoms with Crippen LogP contribution in [0.3, 0.4) is 0 Å². The van der Waals surface area contributed by atoms with Gasteiger partial charge in [0.15, 0.2) is 0 Å².